The second kappa shape index (κ2) is 9.32. The molecule has 0 unspecified atom stereocenters. The van der Waals surface area contributed by atoms with E-state index in [9.17, 15) is 9.59 Å². The minimum Gasteiger partial charge on any atom is -0.494 e. The molecule has 1 aromatic heterocycles. The Kier molecular flexibility index (Phi) is 6.36. The van der Waals surface area contributed by atoms with Gasteiger partial charge in [0.05, 0.1) is 17.7 Å². The Bertz CT molecular complexity index is 941. The topological polar surface area (TPSA) is 80.3 Å². The summed E-state index contributed by atoms with van der Waals surface area (Å²) in [6.07, 6.45) is 2.87. The fourth-order valence-corrected chi connectivity index (χ4v) is 2.57. The van der Waals surface area contributed by atoms with Crippen LogP contribution in [0.25, 0.3) is 0 Å². The van der Waals surface area contributed by atoms with Crippen LogP contribution in [0.4, 0.5) is 5.69 Å². The highest BCUT2D eigenvalue weighted by Crippen LogP contribution is 2.16. The molecule has 2 aromatic carbocycles. The number of nitrogens with zero attached hydrogens (tertiary/aromatic N) is 1. The zero-order valence-electron chi connectivity index (χ0n) is 15.5. The van der Waals surface area contributed by atoms with Crippen LogP contribution in [0.2, 0.25) is 0 Å². The van der Waals surface area contributed by atoms with Crippen molar-refractivity contribution < 1.29 is 14.3 Å². The van der Waals surface area contributed by atoms with E-state index in [0.717, 1.165) is 11.3 Å². The van der Waals surface area contributed by atoms with Crippen molar-refractivity contribution in [3.05, 3.63) is 89.7 Å². The van der Waals surface area contributed by atoms with Gasteiger partial charge in [0.2, 0.25) is 0 Å². The van der Waals surface area contributed by atoms with Gasteiger partial charge in [0.1, 0.15) is 5.75 Å². The van der Waals surface area contributed by atoms with Crippen LogP contribution in [0, 0.1) is 0 Å². The number of benzene rings is 2. The van der Waals surface area contributed by atoms with Gasteiger partial charge in [0.25, 0.3) is 11.8 Å². The van der Waals surface area contributed by atoms with Crippen molar-refractivity contribution in [2.24, 2.45) is 0 Å². The van der Waals surface area contributed by atoms with E-state index >= 15 is 0 Å². The van der Waals surface area contributed by atoms with Gasteiger partial charge in [-0.15, -0.1) is 0 Å². The number of aromatic nitrogens is 1. The largest absolute Gasteiger partial charge is 0.494 e. The molecule has 0 bridgehead atoms. The molecule has 0 fully saturated rings. The van der Waals surface area contributed by atoms with Crippen LogP contribution in [-0.4, -0.2) is 23.4 Å². The molecule has 0 atom stereocenters. The molecule has 6 nitrogen and oxygen atoms in total. The van der Waals surface area contributed by atoms with Crippen LogP contribution < -0.4 is 15.4 Å². The Morgan fingerprint density at radius 1 is 0.929 bits per heavy atom. The van der Waals surface area contributed by atoms with Gasteiger partial charge in [-0.3, -0.25) is 14.6 Å². The number of carbonyl (C=O) groups excluding carboxylic acids is 2. The highest BCUT2D eigenvalue weighted by molar-refractivity contribution is 6.05. The van der Waals surface area contributed by atoms with Gasteiger partial charge >= 0.3 is 0 Å². The zero-order valence-corrected chi connectivity index (χ0v) is 15.5. The number of nitrogens with one attached hydrogen (secondary N) is 2. The number of amides is 2. The van der Waals surface area contributed by atoms with Crippen molar-refractivity contribution in [3.63, 3.8) is 0 Å². The number of ether oxygens (including phenoxy) is 1. The lowest BCUT2D eigenvalue weighted by atomic mass is 10.1. The lowest BCUT2D eigenvalue weighted by molar-refractivity contribution is 0.0950. The van der Waals surface area contributed by atoms with Gasteiger partial charge in [-0.2, -0.15) is 0 Å². The van der Waals surface area contributed by atoms with Crippen LogP contribution in [-0.2, 0) is 6.54 Å². The second-order valence-corrected chi connectivity index (χ2v) is 6.04. The van der Waals surface area contributed by atoms with E-state index < -0.39 is 0 Å². The highest BCUT2D eigenvalue weighted by atomic mass is 16.5. The van der Waals surface area contributed by atoms with Gasteiger partial charge in [-0.25, -0.2) is 0 Å². The molecule has 2 N–H and O–H groups in total. The predicted octanol–water partition coefficient (Wildman–Crippen LogP) is 3.66. The summed E-state index contributed by atoms with van der Waals surface area (Å²) in [4.78, 5) is 28.8. The molecule has 6 heteroatoms. The Labute approximate surface area is 163 Å². The van der Waals surface area contributed by atoms with Crippen molar-refractivity contribution in [1.29, 1.82) is 0 Å². The zero-order chi connectivity index (χ0) is 19.8. The summed E-state index contributed by atoms with van der Waals surface area (Å²) in [6, 6.07) is 18.2. The maximum Gasteiger partial charge on any atom is 0.257 e. The molecule has 0 aliphatic heterocycles. The van der Waals surface area contributed by atoms with Gasteiger partial charge in [-0.1, -0.05) is 30.3 Å². The van der Waals surface area contributed by atoms with E-state index in [4.69, 9.17) is 4.74 Å². The van der Waals surface area contributed by atoms with E-state index in [2.05, 4.69) is 15.6 Å². The van der Waals surface area contributed by atoms with Crippen LogP contribution in [0.1, 0.15) is 33.2 Å². The molecular formula is C22H21N3O3. The molecule has 3 aromatic rings. The molecule has 0 spiro atoms. The van der Waals surface area contributed by atoms with Crippen LogP contribution in [0.5, 0.6) is 5.75 Å². The first kappa shape index (κ1) is 19.1. The molecule has 142 valence electrons. The van der Waals surface area contributed by atoms with Gasteiger partial charge in [-0.05, 0) is 42.8 Å². The molecule has 0 radical (unpaired) electrons. The van der Waals surface area contributed by atoms with Crippen molar-refractivity contribution in [1.82, 2.24) is 10.3 Å². The molecule has 0 aliphatic carbocycles. The third kappa shape index (κ3) is 5.17. The fraction of sp³-hybridized carbons (Fsp3) is 0.136. The number of hydrogen-bond donors (Lipinski definition) is 2. The lowest BCUT2D eigenvalue weighted by Crippen LogP contribution is -2.23. The highest BCUT2D eigenvalue weighted by Gasteiger charge is 2.12. The summed E-state index contributed by atoms with van der Waals surface area (Å²) >= 11 is 0. The SMILES string of the molecule is CCOc1ccc(NC(=O)c2cncc(C(=O)NCc3ccccc3)c2)cc1. The average Bonchev–Trinajstić information content (AvgIpc) is 2.74. The Balaban J connectivity index is 1.63. The normalized spacial score (nSPS) is 10.2. The average molecular weight is 375 g/mol. The molecule has 28 heavy (non-hydrogen) atoms. The molecular weight excluding hydrogens is 354 g/mol. The molecule has 0 saturated carbocycles. The summed E-state index contributed by atoms with van der Waals surface area (Å²) < 4.78 is 5.38. The maximum atomic E-state index is 12.5. The monoisotopic (exact) mass is 375 g/mol. The Morgan fingerprint density at radius 3 is 2.29 bits per heavy atom. The summed E-state index contributed by atoms with van der Waals surface area (Å²) in [5.41, 5.74) is 2.26. The van der Waals surface area contributed by atoms with Crippen LogP contribution in [0.15, 0.2) is 73.1 Å². The number of anilines is 1. The van der Waals surface area contributed by atoms with Gasteiger partial charge < -0.3 is 15.4 Å². The molecule has 0 aliphatic rings. The first-order chi connectivity index (χ1) is 13.7. The third-order valence-corrected chi connectivity index (χ3v) is 3.98. The van der Waals surface area contributed by atoms with Crippen molar-refractivity contribution in [3.8, 4) is 5.75 Å². The second-order valence-electron chi connectivity index (χ2n) is 6.04. The van der Waals surface area contributed by atoms with Gasteiger partial charge in [0, 0.05) is 24.6 Å². The van der Waals surface area contributed by atoms with E-state index in [1.807, 2.05) is 37.3 Å². The standard InChI is InChI=1S/C22H21N3O3/c1-2-28-20-10-8-19(9-11-20)25-22(27)18-12-17(14-23-15-18)21(26)24-13-16-6-4-3-5-7-16/h3-12,14-15H,2,13H2,1H3,(H,24,26)(H,25,27). The van der Waals surface area contributed by atoms with Crippen molar-refractivity contribution >= 4 is 17.5 Å². The maximum absolute atomic E-state index is 12.5. The van der Waals surface area contributed by atoms with E-state index in [0.29, 0.717) is 30.0 Å². The van der Waals surface area contributed by atoms with E-state index in [1.54, 1.807) is 24.3 Å². The van der Waals surface area contributed by atoms with Gasteiger partial charge in [0.15, 0.2) is 0 Å². The number of rotatable bonds is 7. The van der Waals surface area contributed by atoms with Crippen molar-refractivity contribution in [2.75, 3.05) is 11.9 Å². The minimum atomic E-state index is -0.339. The smallest absolute Gasteiger partial charge is 0.257 e. The van der Waals surface area contributed by atoms with Crippen LogP contribution >= 0.6 is 0 Å². The first-order valence-corrected chi connectivity index (χ1v) is 8.97. The summed E-state index contributed by atoms with van der Waals surface area (Å²) in [5.74, 6) is 0.112. The number of pyridine rings is 1. The van der Waals surface area contributed by atoms with E-state index in [1.165, 1.54) is 18.5 Å². The molecule has 3 rings (SSSR count). The predicted molar refractivity (Wildman–Crippen MR) is 107 cm³/mol. The van der Waals surface area contributed by atoms with Crippen molar-refractivity contribution in [2.45, 2.75) is 13.5 Å². The molecule has 1 heterocycles. The number of hydrogen-bond acceptors (Lipinski definition) is 4. The fourth-order valence-electron chi connectivity index (χ4n) is 2.57. The summed E-state index contributed by atoms with van der Waals surface area (Å²) in [5, 5.41) is 5.61. The molecule has 0 saturated heterocycles. The number of carbonyl (C=O) groups is 2. The molecule has 2 amide bonds. The van der Waals surface area contributed by atoms with Crippen LogP contribution in [0.3, 0.4) is 0 Å². The minimum absolute atomic E-state index is 0.285. The summed E-state index contributed by atoms with van der Waals surface area (Å²) in [6.45, 7) is 2.89. The Morgan fingerprint density at radius 2 is 1.61 bits per heavy atom. The summed E-state index contributed by atoms with van der Waals surface area (Å²) in [7, 11) is 0. The Hall–Kier alpha value is -3.67. The first-order valence-electron chi connectivity index (χ1n) is 8.97. The van der Waals surface area contributed by atoms with E-state index in [-0.39, 0.29) is 11.8 Å². The lowest BCUT2D eigenvalue weighted by Gasteiger charge is -2.09. The third-order valence-electron chi connectivity index (χ3n) is 3.98. The quantitative estimate of drug-likeness (QED) is 0.660.